The molecule has 3 N–H and O–H groups in total. The van der Waals surface area contributed by atoms with E-state index in [1.54, 1.807) is 0 Å². The van der Waals surface area contributed by atoms with E-state index in [4.69, 9.17) is 5.73 Å². The molecule has 1 aromatic heterocycles. The molecular weight excluding hydrogens is 209 g/mol. The molecule has 1 amide bonds. The quantitative estimate of drug-likeness (QED) is 0.763. The SMILES string of the molecule is CCC(C)C(N)C(=O)Nc1cccc(F)n1. The van der Waals surface area contributed by atoms with Crippen LogP contribution in [0.25, 0.3) is 0 Å². The predicted octanol–water partition coefficient (Wildman–Crippen LogP) is 1.53. The Morgan fingerprint density at radius 1 is 1.62 bits per heavy atom. The summed E-state index contributed by atoms with van der Waals surface area (Å²) in [6.45, 7) is 3.85. The highest BCUT2D eigenvalue weighted by Gasteiger charge is 2.19. The minimum Gasteiger partial charge on any atom is -0.320 e. The number of rotatable bonds is 4. The summed E-state index contributed by atoms with van der Waals surface area (Å²) in [6.07, 6.45) is 0.811. The van der Waals surface area contributed by atoms with Gasteiger partial charge in [-0.1, -0.05) is 26.3 Å². The van der Waals surface area contributed by atoms with Gasteiger partial charge in [0.05, 0.1) is 6.04 Å². The molecular formula is C11H16FN3O. The molecule has 0 aliphatic carbocycles. The monoisotopic (exact) mass is 225 g/mol. The minimum atomic E-state index is -0.630. The number of anilines is 1. The molecule has 0 aromatic carbocycles. The highest BCUT2D eigenvalue weighted by molar-refractivity contribution is 5.94. The highest BCUT2D eigenvalue weighted by atomic mass is 19.1. The van der Waals surface area contributed by atoms with Crippen LogP contribution in [0.2, 0.25) is 0 Å². The molecule has 1 aromatic rings. The lowest BCUT2D eigenvalue weighted by molar-refractivity contribution is -0.118. The first-order valence-corrected chi connectivity index (χ1v) is 5.23. The van der Waals surface area contributed by atoms with Gasteiger partial charge in [-0.2, -0.15) is 4.39 Å². The van der Waals surface area contributed by atoms with Crippen LogP contribution in [0.4, 0.5) is 10.2 Å². The molecule has 2 unspecified atom stereocenters. The van der Waals surface area contributed by atoms with E-state index in [1.807, 2.05) is 13.8 Å². The van der Waals surface area contributed by atoms with Gasteiger partial charge < -0.3 is 11.1 Å². The zero-order valence-corrected chi connectivity index (χ0v) is 9.40. The number of pyridine rings is 1. The van der Waals surface area contributed by atoms with E-state index in [0.29, 0.717) is 0 Å². The minimum absolute atomic E-state index is 0.0774. The highest BCUT2D eigenvalue weighted by Crippen LogP contribution is 2.09. The first kappa shape index (κ1) is 12.6. The van der Waals surface area contributed by atoms with Gasteiger partial charge in [0.1, 0.15) is 5.82 Å². The number of nitrogens with zero attached hydrogens (tertiary/aromatic N) is 1. The molecule has 1 rings (SSSR count). The van der Waals surface area contributed by atoms with Gasteiger partial charge >= 0.3 is 0 Å². The fourth-order valence-electron chi connectivity index (χ4n) is 1.20. The van der Waals surface area contributed by atoms with Gasteiger partial charge in [-0.15, -0.1) is 0 Å². The summed E-state index contributed by atoms with van der Waals surface area (Å²) in [5.74, 6) is -0.709. The number of carbonyl (C=O) groups is 1. The molecule has 0 fully saturated rings. The third kappa shape index (κ3) is 3.27. The summed E-state index contributed by atoms with van der Waals surface area (Å²) in [5.41, 5.74) is 5.72. The summed E-state index contributed by atoms with van der Waals surface area (Å²) in [4.78, 5) is 15.2. The van der Waals surface area contributed by atoms with Gasteiger partial charge in [0.15, 0.2) is 0 Å². The van der Waals surface area contributed by atoms with Crippen LogP contribution in [0, 0.1) is 11.9 Å². The third-order valence-electron chi connectivity index (χ3n) is 2.53. The first-order valence-electron chi connectivity index (χ1n) is 5.23. The third-order valence-corrected chi connectivity index (χ3v) is 2.53. The van der Waals surface area contributed by atoms with Gasteiger partial charge in [-0.05, 0) is 18.1 Å². The lowest BCUT2D eigenvalue weighted by Crippen LogP contribution is -2.40. The molecule has 0 aliphatic heterocycles. The second kappa shape index (κ2) is 5.55. The van der Waals surface area contributed by atoms with E-state index < -0.39 is 12.0 Å². The molecule has 4 nitrogen and oxygen atoms in total. The zero-order chi connectivity index (χ0) is 12.1. The van der Waals surface area contributed by atoms with Crippen molar-refractivity contribution in [1.82, 2.24) is 4.98 Å². The van der Waals surface area contributed by atoms with Crippen molar-refractivity contribution >= 4 is 11.7 Å². The van der Waals surface area contributed by atoms with E-state index in [-0.39, 0.29) is 17.6 Å². The number of hydrogen-bond donors (Lipinski definition) is 2. The number of aromatic nitrogens is 1. The Morgan fingerprint density at radius 3 is 2.88 bits per heavy atom. The number of carbonyl (C=O) groups excluding carboxylic acids is 1. The molecule has 0 saturated heterocycles. The number of halogens is 1. The normalized spacial score (nSPS) is 14.2. The van der Waals surface area contributed by atoms with Gasteiger partial charge in [-0.3, -0.25) is 4.79 Å². The molecule has 1 heterocycles. The largest absolute Gasteiger partial charge is 0.320 e. The van der Waals surface area contributed by atoms with E-state index >= 15 is 0 Å². The van der Waals surface area contributed by atoms with Crippen LogP contribution in [0.1, 0.15) is 20.3 Å². The molecule has 2 atom stereocenters. The summed E-state index contributed by atoms with van der Waals surface area (Å²) in [7, 11) is 0. The Balaban J connectivity index is 2.64. The second-order valence-corrected chi connectivity index (χ2v) is 3.75. The van der Waals surface area contributed by atoms with Crippen molar-refractivity contribution < 1.29 is 9.18 Å². The van der Waals surface area contributed by atoms with Crippen molar-refractivity contribution in [3.8, 4) is 0 Å². The average molecular weight is 225 g/mol. The fraction of sp³-hybridized carbons (Fsp3) is 0.455. The lowest BCUT2D eigenvalue weighted by atomic mass is 9.99. The second-order valence-electron chi connectivity index (χ2n) is 3.75. The van der Waals surface area contributed by atoms with E-state index in [9.17, 15) is 9.18 Å². The van der Waals surface area contributed by atoms with Crippen LogP contribution in [-0.4, -0.2) is 16.9 Å². The molecule has 0 radical (unpaired) electrons. The van der Waals surface area contributed by atoms with Crippen LogP contribution in [0.15, 0.2) is 18.2 Å². The Hall–Kier alpha value is -1.49. The molecule has 88 valence electrons. The first-order chi connectivity index (χ1) is 7.54. The summed E-state index contributed by atoms with van der Waals surface area (Å²) in [5, 5.41) is 2.48. The maximum absolute atomic E-state index is 12.7. The van der Waals surface area contributed by atoms with Gasteiger partial charge in [-0.25, -0.2) is 4.98 Å². The summed E-state index contributed by atoms with van der Waals surface area (Å²) in [6, 6.07) is 3.61. The molecule has 5 heteroatoms. The van der Waals surface area contributed by atoms with Crippen LogP contribution in [0.3, 0.4) is 0 Å². The average Bonchev–Trinajstić information content (AvgIpc) is 2.27. The predicted molar refractivity (Wildman–Crippen MR) is 60.3 cm³/mol. The van der Waals surface area contributed by atoms with Crippen molar-refractivity contribution in [2.75, 3.05) is 5.32 Å². The van der Waals surface area contributed by atoms with E-state index in [0.717, 1.165) is 6.42 Å². The van der Waals surface area contributed by atoms with Crippen molar-refractivity contribution in [2.45, 2.75) is 26.3 Å². The van der Waals surface area contributed by atoms with Crippen molar-refractivity contribution in [3.63, 3.8) is 0 Å². The smallest absolute Gasteiger partial charge is 0.242 e. The molecule has 16 heavy (non-hydrogen) atoms. The summed E-state index contributed by atoms with van der Waals surface area (Å²) >= 11 is 0. The van der Waals surface area contributed by atoms with Crippen LogP contribution in [0.5, 0.6) is 0 Å². The molecule has 0 aliphatic rings. The maximum atomic E-state index is 12.7. The lowest BCUT2D eigenvalue weighted by Gasteiger charge is -2.17. The van der Waals surface area contributed by atoms with E-state index in [1.165, 1.54) is 18.2 Å². The maximum Gasteiger partial charge on any atom is 0.242 e. The molecule has 0 bridgehead atoms. The van der Waals surface area contributed by atoms with Crippen LogP contribution >= 0.6 is 0 Å². The fourth-order valence-corrected chi connectivity index (χ4v) is 1.20. The Morgan fingerprint density at radius 2 is 2.31 bits per heavy atom. The van der Waals surface area contributed by atoms with Crippen LogP contribution < -0.4 is 11.1 Å². The number of nitrogens with two attached hydrogens (primary N) is 1. The van der Waals surface area contributed by atoms with E-state index in [2.05, 4.69) is 10.3 Å². The molecule has 0 saturated carbocycles. The van der Waals surface area contributed by atoms with Gasteiger partial charge in [0.2, 0.25) is 11.9 Å². The Bertz CT molecular complexity index is 370. The van der Waals surface area contributed by atoms with Crippen LogP contribution in [-0.2, 0) is 4.79 Å². The van der Waals surface area contributed by atoms with Crippen molar-refractivity contribution in [1.29, 1.82) is 0 Å². The zero-order valence-electron chi connectivity index (χ0n) is 9.40. The van der Waals surface area contributed by atoms with Crippen molar-refractivity contribution in [3.05, 3.63) is 24.1 Å². The topological polar surface area (TPSA) is 68.0 Å². The number of amides is 1. The number of nitrogens with one attached hydrogen (secondary N) is 1. The standard InChI is InChI=1S/C11H16FN3O/c1-3-7(2)10(13)11(16)15-9-6-4-5-8(12)14-9/h4-7,10H,3,13H2,1-2H3,(H,14,15,16). The van der Waals surface area contributed by atoms with Crippen molar-refractivity contribution in [2.24, 2.45) is 11.7 Å². The summed E-state index contributed by atoms with van der Waals surface area (Å²) < 4.78 is 12.7. The van der Waals surface area contributed by atoms with Gasteiger partial charge in [0, 0.05) is 0 Å². The Labute approximate surface area is 94.1 Å². The number of hydrogen-bond acceptors (Lipinski definition) is 3. The van der Waals surface area contributed by atoms with Gasteiger partial charge in [0.25, 0.3) is 0 Å². The molecule has 0 spiro atoms. The Kier molecular flexibility index (Phi) is 4.37.